The van der Waals surface area contributed by atoms with E-state index >= 15 is 0 Å². The lowest BCUT2D eigenvalue weighted by Gasteiger charge is -2.04. The van der Waals surface area contributed by atoms with Crippen LogP contribution in [0, 0.1) is 6.92 Å². The van der Waals surface area contributed by atoms with Gasteiger partial charge in [0.05, 0.1) is 0 Å². The zero-order valence-electron chi connectivity index (χ0n) is 10.0. The Bertz CT molecular complexity index is 494. The second kappa shape index (κ2) is 5.89. The van der Waals surface area contributed by atoms with Gasteiger partial charge in [0.2, 0.25) is 0 Å². The molecule has 2 heteroatoms. The van der Waals surface area contributed by atoms with E-state index in [9.17, 15) is 0 Å². The molecule has 0 unspecified atom stereocenters. The molecule has 0 amide bonds. The van der Waals surface area contributed by atoms with Gasteiger partial charge in [-0.1, -0.05) is 42.0 Å². The van der Waals surface area contributed by atoms with Crippen molar-refractivity contribution in [2.75, 3.05) is 0 Å². The van der Waals surface area contributed by atoms with Gasteiger partial charge in [-0.3, -0.25) is 0 Å². The maximum atomic E-state index is 5.64. The average molecular weight is 243 g/mol. The molecule has 0 saturated heterocycles. The molecule has 1 nitrogen and oxygen atoms in total. The molecule has 0 aliphatic carbocycles. The molecule has 2 aromatic rings. The Morgan fingerprint density at radius 1 is 1.00 bits per heavy atom. The lowest BCUT2D eigenvalue weighted by Crippen LogP contribution is -1.95. The van der Waals surface area contributed by atoms with Gasteiger partial charge in [-0.2, -0.15) is 0 Å². The Balaban J connectivity index is 2.02. The van der Waals surface area contributed by atoms with E-state index in [0.29, 0.717) is 6.54 Å². The molecule has 2 N–H and O–H groups in total. The van der Waals surface area contributed by atoms with E-state index in [4.69, 9.17) is 5.73 Å². The quantitative estimate of drug-likeness (QED) is 0.828. The summed E-state index contributed by atoms with van der Waals surface area (Å²) in [6.07, 6.45) is 0. The number of rotatable bonds is 4. The van der Waals surface area contributed by atoms with Crippen molar-refractivity contribution in [2.24, 2.45) is 5.73 Å². The highest BCUT2D eigenvalue weighted by atomic mass is 32.2. The summed E-state index contributed by atoms with van der Waals surface area (Å²) in [4.78, 5) is 1.29. The largest absolute Gasteiger partial charge is 0.326 e. The van der Waals surface area contributed by atoms with E-state index in [0.717, 1.165) is 5.75 Å². The first-order valence-electron chi connectivity index (χ1n) is 5.75. The van der Waals surface area contributed by atoms with Crippen LogP contribution in [0.4, 0.5) is 0 Å². The Morgan fingerprint density at radius 2 is 1.76 bits per heavy atom. The number of benzene rings is 2. The summed E-state index contributed by atoms with van der Waals surface area (Å²) < 4.78 is 0. The summed E-state index contributed by atoms with van der Waals surface area (Å²) in [6, 6.07) is 17.1. The number of hydrogen-bond donors (Lipinski definition) is 1. The zero-order valence-corrected chi connectivity index (χ0v) is 10.8. The summed E-state index contributed by atoms with van der Waals surface area (Å²) in [5.74, 6) is 1.01. The zero-order chi connectivity index (χ0) is 12.1. The molecule has 0 atom stereocenters. The van der Waals surface area contributed by atoms with Crippen molar-refractivity contribution in [3.8, 4) is 0 Å². The van der Waals surface area contributed by atoms with Crippen LogP contribution in [0.3, 0.4) is 0 Å². The molecule has 0 radical (unpaired) electrons. The molecular weight excluding hydrogens is 226 g/mol. The maximum Gasteiger partial charge on any atom is 0.0232 e. The van der Waals surface area contributed by atoms with Crippen LogP contribution in [0.5, 0.6) is 0 Å². The molecule has 0 aliphatic rings. The Labute approximate surface area is 107 Å². The second-order valence-electron chi connectivity index (χ2n) is 4.13. The molecule has 2 aromatic carbocycles. The van der Waals surface area contributed by atoms with Crippen molar-refractivity contribution in [3.05, 3.63) is 65.2 Å². The molecule has 0 bridgehead atoms. The van der Waals surface area contributed by atoms with Crippen LogP contribution in [-0.4, -0.2) is 0 Å². The molecular formula is C15H17NS. The van der Waals surface area contributed by atoms with E-state index < -0.39 is 0 Å². The minimum Gasteiger partial charge on any atom is -0.326 e. The van der Waals surface area contributed by atoms with Crippen LogP contribution < -0.4 is 5.73 Å². The highest BCUT2D eigenvalue weighted by Crippen LogP contribution is 2.23. The number of aryl methyl sites for hydroxylation is 1. The average Bonchev–Trinajstić information content (AvgIpc) is 2.37. The van der Waals surface area contributed by atoms with Gasteiger partial charge in [0, 0.05) is 17.2 Å². The van der Waals surface area contributed by atoms with Crippen molar-refractivity contribution >= 4 is 11.8 Å². The van der Waals surface area contributed by atoms with Crippen LogP contribution in [0.25, 0.3) is 0 Å². The molecule has 0 saturated carbocycles. The Kier molecular flexibility index (Phi) is 4.24. The molecule has 0 spiro atoms. The van der Waals surface area contributed by atoms with E-state index in [1.54, 1.807) is 0 Å². The molecule has 0 heterocycles. The molecule has 2 rings (SSSR count). The standard InChI is InChI=1S/C15H17NS/c1-12-4-2-6-14(8-12)11-17-15-7-3-5-13(9-15)10-16/h2-9H,10-11,16H2,1H3. The Hall–Kier alpha value is -1.25. The Morgan fingerprint density at radius 3 is 2.53 bits per heavy atom. The summed E-state index contributed by atoms with van der Waals surface area (Å²) >= 11 is 1.86. The third-order valence-corrected chi connectivity index (χ3v) is 3.69. The fourth-order valence-corrected chi connectivity index (χ4v) is 2.65. The van der Waals surface area contributed by atoms with E-state index in [-0.39, 0.29) is 0 Å². The monoisotopic (exact) mass is 243 g/mol. The van der Waals surface area contributed by atoms with Gasteiger partial charge in [0.15, 0.2) is 0 Å². The first kappa shape index (κ1) is 12.2. The van der Waals surface area contributed by atoms with Crippen LogP contribution in [0.1, 0.15) is 16.7 Å². The van der Waals surface area contributed by atoms with Gasteiger partial charge in [0.25, 0.3) is 0 Å². The molecule has 0 fully saturated rings. The summed E-state index contributed by atoms with van der Waals surface area (Å²) in [5.41, 5.74) is 9.52. The molecule has 0 aliphatic heterocycles. The number of nitrogens with two attached hydrogens (primary N) is 1. The van der Waals surface area contributed by atoms with Gasteiger partial charge in [0.1, 0.15) is 0 Å². The van der Waals surface area contributed by atoms with Gasteiger partial charge >= 0.3 is 0 Å². The molecule has 17 heavy (non-hydrogen) atoms. The normalized spacial score (nSPS) is 10.5. The van der Waals surface area contributed by atoms with Crippen molar-refractivity contribution in [3.63, 3.8) is 0 Å². The van der Waals surface area contributed by atoms with Crippen LogP contribution >= 0.6 is 11.8 Å². The van der Waals surface area contributed by atoms with Crippen LogP contribution in [0.2, 0.25) is 0 Å². The minimum atomic E-state index is 0.610. The maximum absolute atomic E-state index is 5.64. The van der Waals surface area contributed by atoms with Crippen LogP contribution in [0.15, 0.2) is 53.4 Å². The predicted molar refractivity (Wildman–Crippen MR) is 75.1 cm³/mol. The molecule has 88 valence electrons. The van der Waals surface area contributed by atoms with E-state index in [1.807, 2.05) is 11.8 Å². The molecule has 0 aromatic heterocycles. The topological polar surface area (TPSA) is 26.0 Å². The highest BCUT2D eigenvalue weighted by Gasteiger charge is 1.98. The number of hydrogen-bond acceptors (Lipinski definition) is 2. The fourth-order valence-electron chi connectivity index (χ4n) is 1.73. The van der Waals surface area contributed by atoms with Crippen molar-refractivity contribution in [1.82, 2.24) is 0 Å². The fraction of sp³-hybridized carbons (Fsp3) is 0.200. The third kappa shape index (κ3) is 3.62. The lowest BCUT2D eigenvalue weighted by molar-refractivity contribution is 1.06. The first-order valence-corrected chi connectivity index (χ1v) is 6.74. The van der Waals surface area contributed by atoms with Gasteiger partial charge in [-0.15, -0.1) is 11.8 Å². The first-order chi connectivity index (χ1) is 8.28. The smallest absolute Gasteiger partial charge is 0.0232 e. The van der Waals surface area contributed by atoms with Gasteiger partial charge in [-0.25, -0.2) is 0 Å². The second-order valence-corrected chi connectivity index (χ2v) is 5.18. The predicted octanol–water partition coefficient (Wildman–Crippen LogP) is 3.75. The number of thioether (sulfide) groups is 1. The lowest BCUT2D eigenvalue weighted by atomic mass is 10.2. The van der Waals surface area contributed by atoms with E-state index in [2.05, 4.69) is 55.5 Å². The van der Waals surface area contributed by atoms with Crippen LogP contribution in [-0.2, 0) is 12.3 Å². The highest BCUT2D eigenvalue weighted by molar-refractivity contribution is 7.98. The summed E-state index contributed by atoms with van der Waals surface area (Å²) in [7, 11) is 0. The van der Waals surface area contributed by atoms with Crippen molar-refractivity contribution < 1.29 is 0 Å². The summed E-state index contributed by atoms with van der Waals surface area (Å²) in [5, 5.41) is 0. The summed E-state index contributed by atoms with van der Waals surface area (Å²) in [6.45, 7) is 2.74. The van der Waals surface area contributed by atoms with Gasteiger partial charge < -0.3 is 5.73 Å². The SMILES string of the molecule is Cc1cccc(CSc2cccc(CN)c2)c1. The van der Waals surface area contributed by atoms with Crippen molar-refractivity contribution in [1.29, 1.82) is 0 Å². The third-order valence-electron chi connectivity index (χ3n) is 2.62. The minimum absolute atomic E-state index is 0.610. The van der Waals surface area contributed by atoms with E-state index in [1.165, 1.54) is 21.6 Å². The van der Waals surface area contributed by atoms with Gasteiger partial charge in [-0.05, 0) is 30.2 Å². The van der Waals surface area contributed by atoms with Crippen molar-refractivity contribution in [2.45, 2.75) is 24.1 Å².